The standard InChI is InChI=1S/C21H25ClN2O5S/c1-21(2)18(12-6-8-13(9-7-12)30(26,27)23-3)19(21)24-20(25)14-10-15(22)17(29-5)11-16(14)28-4/h6-11,18-19,23H,1-5H3,(H,24,25)/t18-,19+/m1/s1. The van der Waals surface area contributed by atoms with Crippen LogP contribution in [0, 0.1) is 5.41 Å². The van der Waals surface area contributed by atoms with Gasteiger partial charge < -0.3 is 14.8 Å². The van der Waals surface area contributed by atoms with Crippen LogP contribution in [0.25, 0.3) is 0 Å². The lowest BCUT2D eigenvalue weighted by Crippen LogP contribution is -2.29. The van der Waals surface area contributed by atoms with Crippen LogP contribution in [-0.2, 0) is 10.0 Å². The van der Waals surface area contributed by atoms with Crippen LogP contribution in [0.3, 0.4) is 0 Å². The first-order valence-electron chi connectivity index (χ1n) is 9.32. The molecule has 0 radical (unpaired) electrons. The first-order chi connectivity index (χ1) is 14.1. The molecule has 0 saturated heterocycles. The number of hydrogen-bond donors (Lipinski definition) is 2. The van der Waals surface area contributed by atoms with Crippen LogP contribution < -0.4 is 19.5 Å². The van der Waals surface area contributed by atoms with Crippen LogP contribution in [0.1, 0.15) is 35.7 Å². The van der Waals surface area contributed by atoms with E-state index in [1.54, 1.807) is 30.3 Å². The summed E-state index contributed by atoms with van der Waals surface area (Å²) < 4.78 is 36.6. The first kappa shape index (κ1) is 22.4. The van der Waals surface area contributed by atoms with Crippen molar-refractivity contribution in [1.82, 2.24) is 10.0 Å². The Kier molecular flexibility index (Phi) is 6.04. The Hall–Kier alpha value is -2.29. The number of methoxy groups -OCH3 is 2. The van der Waals surface area contributed by atoms with Crippen molar-refractivity contribution in [3.8, 4) is 11.5 Å². The number of hydrogen-bond acceptors (Lipinski definition) is 5. The molecule has 1 aliphatic carbocycles. The summed E-state index contributed by atoms with van der Waals surface area (Å²) in [6.45, 7) is 4.11. The van der Waals surface area contributed by atoms with Gasteiger partial charge in [0.2, 0.25) is 10.0 Å². The molecule has 0 heterocycles. The van der Waals surface area contributed by atoms with Gasteiger partial charge in [-0.2, -0.15) is 0 Å². The number of benzene rings is 2. The van der Waals surface area contributed by atoms with Crippen molar-refractivity contribution in [1.29, 1.82) is 0 Å². The van der Waals surface area contributed by atoms with E-state index in [1.165, 1.54) is 27.3 Å². The zero-order chi connectivity index (χ0) is 22.3. The Morgan fingerprint density at radius 1 is 1.07 bits per heavy atom. The molecule has 1 amide bonds. The lowest BCUT2D eigenvalue weighted by atomic mass is 10.0. The SMILES string of the molecule is CNS(=O)(=O)c1ccc([C@@H]2[C@H](NC(=O)c3cc(Cl)c(OC)cc3OC)C2(C)C)cc1. The number of ether oxygens (including phenoxy) is 2. The Balaban J connectivity index is 1.81. The van der Waals surface area contributed by atoms with Crippen LogP contribution in [-0.4, -0.2) is 41.6 Å². The number of carbonyl (C=O) groups is 1. The zero-order valence-corrected chi connectivity index (χ0v) is 19.0. The largest absolute Gasteiger partial charge is 0.496 e. The van der Waals surface area contributed by atoms with E-state index in [-0.39, 0.29) is 28.2 Å². The fourth-order valence-corrected chi connectivity index (χ4v) is 4.73. The molecular weight excluding hydrogens is 428 g/mol. The van der Waals surface area contributed by atoms with E-state index < -0.39 is 10.0 Å². The predicted octanol–water partition coefficient (Wildman–Crippen LogP) is 3.19. The van der Waals surface area contributed by atoms with Crippen LogP contribution in [0.4, 0.5) is 0 Å². The van der Waals surface area contributed by atoms with Crippen LogP contribution in [0.2, 0.25) is 5.02 Å². The Morgan fingerprint density at radius 2 is 1.67 bits per heavy atom. The van der Waals surface area contributed by atoms with E-state index in [0.29, 0.717) is 22.1 Å². The van der Waals surface area contributed by atoms with Gasteiger partial charge >= 0.3 is 0 Å². The maximum Gasteiger partial charge on any atom is 0.255 e. The summed E-state index contributed by atoms with van der Waals surface area (Å²) in [4.78, 5) is 13.1. The van der Waals surface area contributed by atoms with E-state index in [0.717, 1.165) is 5.56 Å². The van der Waals surface area contributed by atoms with E-state index in [9.17, 15) is 13.2 Å². The topological polar surface area (TPSA) is 93.7 Å². The second kappa shape index (κ2) is 8.09. The van der Waals surface area contributed by atoms with Gasteiger partial charge in [-0.05, 0) is 36.2 Å². The first-order valence-corrected chi connectivity index (χ1v) is 11.2. The molecule has 7 nitrogen and oxygen atoms in total. The minimum Gasteiger partial charge on any atom is -0.496 e. The van der Waals surface area contributed by atoms with Gasteiger partial charge in [0.25, 0.3) is 5.91 Å². The molecule has 2 N–H and O–H groups in total. The molecule has 2 aromatic rings. The monoisotopic (exact) mass is 452 g/mol. The summed E-state index contributed by atoms with van der Waals surface area (Å²) in [6.07, 6.45) is 0. The fourth-order valence-electron chi connectivity index (χ4n) is 3.76. The number of nitrogens with one attached hydrogen (secondary N) is 2. The third-order valence-electron chi connectivity index (χ3n) is 5.65. The third-order valence-corrected chi connectivity index (χ3v) is 7.38. The molecule has 0 spiro atoms. The minimum atomic E-state index is -3.49. The lowest BCUT2D eigenvalue weighted by molar-refractivity contribution is 0.0943. The highest BCUT2D eigenvalue weighted by molar-refractivity contribution is 7.89. The highest BCUT2D eigenvalue weighted by atomic mass is 35.5. The molecule has 30 heavy (non-hydrogen) atoms. The second-order valence-electron chi connectivity index (χ2n) is 7.71. The maximum atomic E-state index is 12.9. The van der Waals surface area contributed by atoms with Crippen LogP contribution in [0.15, 0.2) is 41.3 Å². The molecular formula is C21H25ClN2O5S. The zero-order valence-electron chi connectivity index (χ0n) is 17.4. The fraction of sp³-hybridized carbons (Fsp3) is 0.381. The number of rotatable bonds is 7. The Labute approximate surface area is 181 Å². The van der Waals surface area contributed by atoms with E-state index >= 15 is 0 Å². The van der Waals surface area contributed by atoms with Crippen molar-refractivity contribution in [3.05, 3.63) is 52.5 Å². The van der Waals surface area contributed by atoms with Crippen molar-refractivity contribution in [2.45, 2.75) is 30.7 Å². The molecule has 2 aromatic carbocycles. The molecule has 1 saturated carbocycles. The Morgan fingerprint density at radius 3 is 2.20 bits per heavy atom. The van der Waals surface area contributed by atoms with Gasteiger partial charge in [0, 0.05) is 18.0 Å². The van der Waals surface area contributed by atoms with Gasteiger partial charge in [0.05, 0.1) is 29.7 Å². The molecule has 1 fully saturated rings. The highest BCUT2D eigenvalue weighted by Gasteiger charge is 2.59. The van der Waals surface area contributed by atoms with Gasteiger partial charge in [-0.15, -0.1) is 0 Å². The van der Waals surface area contributed by atoms with Crippen molar-refractivity contribution in [2.24, 2.45) is 5.41 Å². The number of carbonyl (C=O) groups excluding carboxylic acids is 1. The third kappa shape index (κ3) is 3.99. The molecule has 9 heteroatoms. The molecule has 0 aromatic heterocycles. The molecule has 0 bridgehead atoms. The Bertz CT molecular complexity index is 1070. The number of amides is 1. The lowest BCUT2D eigenvalue weighted by Gasteiger charge is -2.13. The highest BCUT2D eigenvalue weighted by Crippen LogP contribution is 2.58. The summed E-state index contributed by atoms with van der Waals surface area (Å²) in [5.74, 6) is 0.538. The summed E-state index contributed by atoms with van der Waals surface area (Å²) in [7, 11) is 0.849. The smallest absolute Gasteiger partial charge is 0.255 e. The molecule has 162 valence electrons. The average Bonchev–Trinajstić information content (AvgIpc) is 3.27. The van der Waals surface area contributed by atoms with Crippen LogP contribution in [0.5, 0.6) is 11.5 Å². The van der Waals surface area contributed by atoms with Gasteiger partial charge in [-0.1, -0.05) is 37.6 Å². The summed E-state index contributed by atoms with van der Waals surface area (Å²) in [6, 6.07) is 9.69. The molecule has 1 aliphatic rings. The average molecular weight is 453 g/mol. The van der Waals surface area contributed by atoms with Gasteiger partial charge in [-0.3, -0.25) is 4.79 Å². The van der Waals surface area contributed by atoms with Crippen molar-refractivity contribution < 1.29 is 22.7 Å². The second-order valence-corrected chi connectivity index (χ2v) is 10.0. The van der Waals surface area contributed by atoms with Gasteiger partial charge in [0.15, 0.2) is 0 Å². The van der Waals surface area contributed by atoms with Gasteiger partial charge in [0.1, 0.15) is 11.5 Å². The maximum absolute atomic E-state index is 12.9. The van der Waals surface area contributed by atoms with E-state index in [4.69, 9.17) is 21.1 Å². The summed E-state index contributed by atoms with van der Waals surface area (Å²) in [5, 5.41) is 3.37. The number of sulfonamides is 1. The molecule has 3 rings (SSSR count). The van der Waals surface area contributed by atoms with Gasteiger partial charge in [-0.25, -0.2) is 13.1 Å². The molecule has 2 atom stereocenters. The summed E-state index contributed by atoms with van der Waals surface area (Å²) >= 11 is 6.18. The van der Waals surface area contributed by atoms with E-state index in [2.05, 4.69) is 23.9 Å². The molecule has 0 unspecified atom stereocenters. The predicted molar refractivity (Wildman–Crippen MR) is 115 cm³/mol. The van der Waals surface area contributed by atoms with Crippen molar-refractivity contribution >= 4 is 27.5 Å². The molecule has 0 aliphatic heterocycles. The van der Waals surface area contributed by atoms with Crippen molar-refractivity contribution in [3.63, 3.8) is 0 Å². The minimum absolute atomic E-state index is 0.0486. The normalized spacial score (nSPS) is 19.8. The van der Waals surface area contributed by atoms with E-state index in [1.807, 2.05) is 0 Å². The number of halogens is 1. The summed E-state index contributed by atoms with van der Waals surface area (Å²) in [5.41, 5.74) is 1.09. The van der Waals surface area contributed by atoms with Crippen LogP contribution >= 0.6 is 11.6 Å². The quantitative estimate of drug-likeness (QED) is 0.672. The van der Waals surface area contributed by atoms with Crippen molar-refractivity contribution in [2.75, 3.05) is 21.3 Å².